The molecule has 0 saturated carbocycles. The Labute approximate surface area is 150 Å². The lowest BCUT2D eigenvalue weighted by Crippen LogP contribution is -2.48. The Hall–Kier alpha value is -2.24. The summed E-state index contributed by atoms with van der Waals surface area (Å²) in [5.74, 6) is 2.58. The number of hydrogen-bond acceptors (Lipinski definition) is 3. The largest absolute Gasteiger partial charge is 0.484 e. The van der Waals surface area contributed by atoms with E-state index >= 15 is 0 Å². The molecule has 2 atom stereocenters. The number of nitrogens with zero attached hydrogens (tertiary/aromatic N) is 2. The van der Waals surface area contributed by atoms with Crippen LogP contribution in [0.15, 0.2) is 29.3 Å². The molecule has 2 unspecified atom stereocenters. The molecule has 1 aliphatic rings. The highest BCUT2D eigenvalue weighted by Gasteiger charge is 2.23. The molecule has 6 nitrogen and oxygen atoms in total. The van der Waals surface area contributed by atoms with E-state index in [4.69, 9.17) is 10.5 Å². The molecule has 3 N–H and O–H groups in total. The first kappa shape index (κ1) is 19.1. The van der Waals surface area contributed by atoms with Gasteiger partial charge >= 0.3 is 0 Å². The van der Waals surface area contributed by atoms with Crippen molar-refractivity contribution < 1.29 is 9.53 Å². The van der Waals surface area contributed by atoms with Crippen LogP contribution in [0.2, 0.25) is 0 Å². The number of carbonyl (C=O) groups excluding carboxylic acids is 1. The van der Waals surface area contributed by atoms with Crippen molar-refractivity contribution in [2.24, 2.45) is 22.6 Å². The number of nitrogens with two attached hydrogens (primary N) is 1. The van der Waals surface area contributed by atoms with E-state index in [-0.39, 0.29) is 6.61 Å². The highest BCUT2D eigenvalue weighted by molar-refractivity contribution is 5.80. The Morgan fingerprint density at radius 3 is 2.48 bits per heavy atom. The van der Waals surface area contributed by atoms with Crippen molar-refractivity contribution in [2.75, 3.05) is 33.3 Å². The van der Waals surface area contributed by atoms with Gasteiger partial charge < -0.3 is 20.7 Å². The summed E-state index contributed by atoms with van der Waals surface area (Å²) in [6.45, 7) is 7.47. The van der Waals surface area contributed by atoms with Crippen LogP contribution in [0.25, 0.3) is 0 Å². The van der Waals surface area contributed by atoms with E-state index in [1.807, 2.05) is 31.3 Å². The van der Waals surface area contributed by atoms with Crippen LogP contribution in [0.4, 0.5) is 0 Å². The molecule has 1 aromatic rings. The summed E-state index contributed by atoms with van der Waals surface area (Å²) in [6.07, 6.45) is 2.19. The lowest BCUT2D eigenvalue weighted by Gasteiger charge is -2.37. The monoisotopic (exact) mass is 346 g/mol. The maximum absolute atomic E-state index is 10.7. The zero-order valence-electron chi connectivity index (χ0n) is 15.5. The number of benzene rings is 1. The third-order valence-electron chi connectivity index (χ3n) is 4.38. The Balaban J connectivity index is 1.79. The number of aliphatic imine (C=N–C) groups is 1. The number of likely N-dealkylation sites (tertiary alicyclic amines) is 1. The third-order valence-corrected chi connectivity index (χ3v) is 4.38. The summed E-state index contributed by atoms with van der Waals surface area (Å²) in [4.78, 5) is 17.5. The van der Waals surface area contributed by atoms with Crippen molar-refractivity contribution in [3.05, 3.63) is 29.8 Å². The second kappa shape index (κ2) is 9.30. The minimum Gasteiger partial charge on any atom is -0.484 e. The molecule has 0 spiro atoms. The highest BCUT2D eigenvalue weighted by atomic mass is 16.5. The number of carbonyl (C=O) groups is 1. The van der Waals surface area contributed by atoms with Gasteiger partial charge in [-0.15, -0.1) is 0 Å². The molecule has 1 amide bonds. The first-order valence-electron chi connectivity index (χ1n) is 8.93. The van der Waals surface area contributed by atoms with Crippen LogP contribution in [-0.2, 0) is 11.2 Å². The lowest BCUT2D eigenvalue weighted by atomic mass is 9.92. The SMILES string of the molecule is CN=C(NCCc1ccc(OCC(N)=O)cc1)N1CC(C)CC(C)C1. The Morgan fingerprint density at radius 1 is 1.28 bits per heavy atom. The second-order valence-electron chi connectivity index (χ2n) is 6.97. The minimum atomic E-state index is -0.471. The van der Waals surface area contributed by atoms with Crippen molar-refractivity contribution in [3.8, 4) is 5.75 Å². The third kappa shape index (κ3) is 6.29. The van der Waals surface area contributed by atoms with Crippen LogP contribution in [0.3, 0.4) is 0 Å². The summed E-state index contributed by atoms with van der Waals surface area (Å²) >= 11 is 0. The fraction of sp³-hybridized carbons (Fsp3) is 0.579. The van der Waals surface area contributed by atoms with Gasteiger partial charge in [-0.25, -0.2) is 0 Å². The van der Waals surface area contributed by atoms with Gasteiger partial charge in [-0.05, 0) is 42.4 Å². The molecular formula is C19H30N4O2. The number of ether oxygens (including phenoxy) is 1. The molecule has 0 radical (unpaired) electrons. The van der Waals surface area contributed by atoms with Gasteiger partial charge in [-0.3, -0.25) is 9.79 Å². The molecule has 0 aromatic heterocycles. The Bertz CT molecular complexity index is 576. The normalized spacial score (nSPS) is 21.1. The maximum Gasteiger partial charge on any atom is 0.255 e. The minimum absolute atomic E-state index is 0.0933. The number of rotatable bonds is 6. The van der Waals surface area contributed by atoms with Crippen LogP contribution in [-0.4, -0.2) is 50.1 Å². The number of primary amides is 1. The molecule has 0 aliphatic carbocycles. The molecule has 1 aliphatic heterocycles. The first-order valence-corrected chi connectivity index (χ1v) is 8.93. The van der Waals surface area contributed by atoms with Gasteiger partial charge in [0.1, 0.15) is 5.75 Å². The summed E-state index contributed by atoms with van der Waals surface area (Å²) in [6, 6.07) is 7.74. The van der Waals surface area contributed by atoms with Gasteiger partial charge in [0.25, 0.3) is 5.91 Å². The fourth-order valence-electron chi connectivity index (χ4n) is 3.39. The second-order valence-corrected chi connectivity index (χ2v) is 6.97. The number of nitrogens with one attached hydrogen (secondary N) is 1. The van der Waals surface area contributed by atoms with Crippen molar-refractivity contribution in [1.82, 2.24) is 10.2 Å². The van der Waals surface area contributed by atoms with E-state index in [1.54, 1.807) is 0 Å². The van der Waals surface area contributed by atoms with Crippen LogP contribution >= 0.6 is 0 Å². The van der Waals surface area contributed by atoms with Crippen molar-refractivity contribution in [3.63, 3.8) is 0 Å². The van der Waals surface area contributed by atoms with Crippen molar-refractivity contribution in [1.29, 1.82) is 0 Å². The lowest BCUT2D eigenvalue weighted by molar-refractivity contribution is -0.119. The quantitative estimate of drug-likeness (QED) is 0.606. The predicted octanol–water partition coefficient (Wildman–Crippen LogP) is 1.65. The zero-order valence-corrected chi connectivity index (χ0v) is 15.5. The number of piperidine rings is 1. The zero-order chi connectivity index (χ0) is 18.2. The highest BCUT2D eigenvalue weighted by Crippen LogP contribution is 2.20. The molecule has 25 heavy (non-hydrogen) atoms. The van der Waals surface area contributed by atoms with E-state index in [9.17, 15) is 4.79 Å². The standard InChI is InChI=1S/C19H30N4O2/c1-14-10-15(2)12-23(11-14)19(21-3)22-9-8-16-4-6-17(7-5-16)25-13-18(20)24/h4-7,14-15H,8-13H2,1-3H3,(H2,20,24)(H,21,22). The number of hydrogen-bond donors (Lipinski definition) is 2. The summed E-state index contributed by atoms with van der Waals surface area (Å²) in [5, 5.41) is 3.47. The first-order chi connectivity index (χ1) is 12.0. The average Bonchev–Trinajstić information content (AvgIpc) is 2.57. The van der Waals surface area contributed by atoms with Gasteiger partial charge in [0, 0.05) is 26.7 Å². The smallest absolute Gasteiger partial charge is 0.255 e. The van der Waals surface area contributed by atoms with Gasteiger partial charge in [0.2, 0.25) is 0 Å². The predicted molar refractivity (Wildman–Crippen MR) is 101 cm³/mol. The van der Waals surface area contributed by atoms with Gasteiger partial charge in [-0.2, -0.15) is 0 Å². The Morgan fingerprint density at radius 2 is 1.92 bits per heavy atom. The van der Waals surface area contributed by atoms with Crippen molar-refractivity contribution >= 4 is 11.9 Å². The molecule has 1 saturated heterocycles. The molecule has 1 fully saturated rings. The Kier molecular flexibility index (Phi) is 7.10. The van der Waals surface area contributed by atoms with Gasteiger partial charge in [-0.1, -0.05) is 26.0 Å². The van der Waals surface area contributed by atoms with Crippen molar-refractivity contribution in [2.45, 2.75) is 26.7 Å². The number of guanidine groups is 1. The molecule has 2 rings (SSSR count). The molecular weight excluding hydrogens is 316 g/mol. The molecule has 0 bridgehead atoms. The van der Waals surface area contributed by atoms with Crippen LogP contribution in [0, 0.1) is 11.8 Å². The fourth-order valence-corrected chi connectivity index (χ4v) is 3.39. The summed E-state index contributed by atoms with van der Waals surface area (Å²) in [5.41, 5.74) is 6.27. The van der Waals surface area contributed by atoms with Gasteiger partial charge in [0.15, 0.2) is 12.6 Å². The summed E-state index contributed by atoms with van der Waals surface area (Å²) in [7, 11) is 1.84. The van der Waals surface area contributed by atoms with Gasteiger partial charge in [0.05, 0.1) is 0 Å². The molecule has 1 aromatic carbocycles. The summed E-state index contributed by atoms with van der Waals surface area (Å²) < 4.78 is 5.27. The number of amides is 1. The molecule has 1 heterocycles. The average molecular weight is 346 g/mol. The molecule has 6 heteroatoms. The topological polar surface area (TPSA) is 80.0 Å². The van der Waals surface area contributed by atoms with Crippen LogP contribution in [0.1, 0.15) is 25.8 Å². The van der Waals surface area contributed by atoms with Crippen LogP contribution < -0.4 is 15.8 Å². The van der Waals surface area contributed by atoms with Crippen LogP contribution in [0.5, 0.6) is 5.75 Å². The van der Waals surface area contributed by atoms with E-state index in [0.717, 1.165) is 32.0 Å². The van der Waals surface area contributed by atoms with E-state index in [2.05, 4.69) is 29.1 Å². The van der Waals surface area contributed by atoms with E-state index < -0.39 is 5.91 Å². The van der Waals surface area contributed by atoms with E-state index in [0.29, 0.717) is 17.6 Å². The molecule has 138 valence electrons. The maximum atomic E-state index is 10.7. The van der Waals surface area contributed by atoms with E-state index in [1.165, 1.54) is 12.0 Å².